The quantitative estimate of drug-likeness (QED) is 0.361. The van der Waals surface area contributed by atoms with Crippen molar-refractivity contribution in [2.75, 3.05) is 31.1 Å². The van der Waals surface area contributed by atoms with Crippen molar-refractivity contribution in [1.82, 2.24) is 14.3 Å². The number of hydrogen-bond donors (Lipinski definition) is 0. The minimum atomic E-state index is -3.70. The lowest BCUT2D eigenvalue weighted by molar-refractivity contribution is 0.383. The molecule has 8 heteroatoms. The molecule has 5 rings (SSSR count). The molecule has 1 aliphatic rings. The molecule has 0 amide bonds. The largest absolute Gasteiger partial charge is 0.354 e. The summed E-state index contributed by atoms with van der Waals surface area (Å²) >= 11 is 0. The van der Waals surface area contributed by atoms with Crippen LogP contribution in [0, 0.1) is 19.7 Å². The molecule has 2 heterocycles. The van der Waals surface area contributed by atoms with Crippen LogP contribution in [0.3, 0.4) is 0 Å². The van der Waals surface area contributed by atoms with Gasteiger partial charge in [-0.3, -0.25) is 0 Å². The first-order valence-electron chi connectivity index (χ1n) is 12.3. The lowest BCUT2D eigenvalue weighted by Gasteiger charge is -2.36. The number of aryl methyl sites for hydroxylation is 2. The summed E-state index contributed by atoms with van der Waals surface area (Å²) in [5, 5.41) is 0. The predicted molar refractivity (Wildman–Crippen MR) is 144 cm³/mol. The number of aromatic nitrogens is 2. The van der Waals surface area contributed by atoms with Gasteiger partial charge in [0.1, 0.15) is 11.6 Å². The zero-order chi connectivity index (χ0) is 26.0. The fraction of sp³-hybridized carbons (Fsp3) is 0.241. The van der Waals surface area contributed by atoms with E-state index in [1.165, 1.54) is 28.6 Å². The van der Waals surface area contributed by atoms with E-state index in [2.05, 4.69) is 23.1 Å². The van der Waals surface area contributed by atoms with Gasteiger partial charge in [-0.25, -0.2) is 22.8 Å². The van der Waals surface area contributed by atoms with Gasteiger partial charge in [0.15, 0.2) is 5.82 Å². The van der Waals surface area contributed by atoms with E-state index in [-0.39, 0.29) is 4.90 Å². The van der Waals surface area contributed by atoms with E-state index >= 15 is 0 Å². The van der Waals surface area contributed by atoms with Crippen molar-refractivity contribution in [3.8, 4) is 11.4 Å². The molecule has 0 spiro atoms. The molecule has 6 nitrogen and oxygen atoms in total. The lowest BCUT2D eigenvalue weighted by atomic mass is 10.0. The number of piperazine rings is 1. The third kappa shape index (κ3) is 5.40. The molecule has 0 N–H and O–H groups in total. The fourth-order valence-corrected chi connectivity index (χ4v) is 6.08. The molecule has 1 fully saturated rings. The second-order valence-corrected chi connectivity index (χ2v) is 11.2. The molecule has 4 aromatic rings. The molecule has 0 saturated carbocycles. The normalized spacial score (nSPS) is 14.6. The molecule has 0 atom stereocenters. The third-order valence-electron chi connectivity index (χ3n) is 6.68. The molecule has 1 saturated heterocycles. The monoisotopic (exact) mass is 516 g/mol. The summed E-state index contributed by atoms with van der Waals surface area (Å²) in [7, 11) is -3.70. The molecule has 37 heavy (non-hydrogen) atoms. The van der Waals surface area contributed by atoms with Gasteiger partial charge in [-0.1, -0.05) is 54.1 Å². The van der Waals surface area contributed by atoms with E-state index in [1.807, 2.05) is 50.2 Å². The van der Waals surface area contributed by atoms with Gasteiger partial charge in [-0.2, -0.15) is 4.31 Å². The van der Waals surface area contributed by atoms with Crippen LogP contribution >= 0.6 is 0 Å². The Hall–Kier alpha value is -3.62. The van der Waals surface area contributed by atoms with Crippen LogP contribution in [0.15, 0.2) is 83.8 Å². The predicted octanol–water partition coefficient (Wildman–Crippen LogP) is 5.00. The highest BCUT2D eigenvalue weighted by Crippen LogP contribution is 2.29. The summed E-state index contributed by atoms with van der Waals surface area (Å²) in [4.78, 5) is 12.1. The maximum atomic E-state index is 13.3. The highest BCUT2D eigenvalue weighted by atomic mass is 32.2. The zero-order valence-corrected chi connectivity index (χ0v) is 21.7. The second-order valence-electron chi connectivity index (χ2n) is 9.31. The first-order valence-corrected chi connectivity index (χ1v) is 13.7. The average Bonchev–Trinajstić information content (AvgIpc) is 2.90. The minimum Gasteiger partial charge on any atom is -0.354 e. The van der Waals surface area contributed by atoms with Gasteiger partial charge < -0.3 is 4.90 Å². The number of halogens is 1. The first kappa shape index (κ1) is 25.0. The van der Waals surface area contributed by atoms with Crippen molar-refractivity contribution in [2.45, 2.75) is 25.2 Å². The summed E-state index contributed by atoms with van der Waals surface area (Å²) < 4.78 is 41.1. The Bertz CT molecular complexity index is 1500. The molecular weight excluding hydrogens is 487 g/mol. The van der Waals surface area contributed by atoms with Crippen LogP contribution < -0.4 is 4.90 Å². The smallest absolute Gasteiger partial charge is 0.243 e. The molecule has 1 aromatic heterocycles. The van der Waals surface area contributed by atoms with Crippen LogP contribution in [-0.4, -0.2) is 48.9 Å². The summed E-state index contributed by atoms with van der Waals surface area (Å²) in [5.74, 6) is 1.04. The highest BCUT2D eigenvalue weighted by molar-refractivity contribution is 7.89. The zero-order valence-electron chi connectivity index (χ0n) is 20.9. The fourth-order valence-electron chi connectivity index (χ4n) is 4.66. The highest BCUT2D eigenvalue weighted by Gasteiger charge is 2.30. The Morgan fingerprint density at radius 1 is 0.838 bits per heavy atom. The summed E-state index contributed by atoms with van der Waals surface area (Å²) in [5.41, 5.74) is 5.20. The standard InChI is InChI=1S/C29H29FN4O2S/c1-21-7-6-10-24(19-21)28-31-22(2)27(20-23-8-4-3-5-9-23)29(32-28)33-15-17-34(18-16-33)37(35,36)26-13-11-25(30)12-14-26/h3-14,19H,15-18,20H2,1-2H3. The van der Waals surface area contributed by atoms with E-state index in [1.54, 1.807) is 0 Å². The molecule has 0 radical (unpaired) electrons. The molecule has 190 valence electrons. The first-order chi connectivity index (χ1) is 17.8. The Labute approximate surface area is 217 Å². The van der Waals surface area contributed by atoms with Crippen LogP contribution in [-0.2, 0) is 16.4 Å². The maximum Gasteiger partial charge on any atom is 0.243 e. The lowest BCUT2D eigenvalue weighted by Crippen LogP contribution is -2.49. The van der Waals surface area contributed by atoms with E-state index in [0.29, 0.717) is 38.4 Å². The summed E-state index contributed by atoms with van der Waals surface area (Å²) in [6.45, 7) is 5.66. The molecule has 0 aliphatic carbocycles. The Kier molecular flexibility index (Phi) is 7.04. The van der Waals surface area contributed by atoms with Crippen molar-refractivity contribution in [3.05, 3.63) is 107 Å². The van der Waals surface area contributed by atoms with Gasteiger partial charge in [0.25, 0.3) is 0 Å². The van der Waals surface area contributed by atoms with Crippen molar-refractivity contribution in [3.63, 3.8) is 0 Å². The number of sulfonamides is 1. The molecule has 3 aromatic carbocycles. The van der Waals surface area contributed by atoms with E-state index in [0.717, 1.165) is 33.8 Å². The van der Waals surface area contributed by atoms with Gasteiger partial charge in [-0.05, 0) is 49.7 Å². The van der Waals surface area contributed by atoms with Gasteiger partial charge >= 0.3 is 0 Å². The molecule has 0 unspecified atom stereocenters. The maximum absolute atomic E-state index is 13.3. The number of nitrogens with zero attached hydrogens (tertiary/aromatic N) is 4. The Balaban J connectivity index is 1.46. The van der Waals surface area contributed by atoms with E-state index < -0.39 is 15.8 Å². The van der Waals surface area contributed by atoms with Gasteiger partial charge in [0.05, 0.1) is 4.90 Å². The average molecular weight is 517 g/mol. The van der Waals surface area contributed by atoms with E-state index in [4.69, 9.17) is 9.97 Å². The molecular formula is C29H29FN4O2S. The number of hydrogen-bond acceptors (Lipinski definition) is 5. The van der Waals surface area contributed by atoms with Gasteiger partial charge in [0.2, 0.25) is 10.0 Å². The van der Waals surface area contributed by atoms with Crippen molar-refractivity contribution in [1.29, 1.82) is 0 Å². The van der Waals surface area contributed by atoms with E-state index in [9.17, 15) is 12.8 Å². The third-order valence-corrected chi connectivity index (χ3v) is 8.59. The number of anilines is 1. The van der Waals surface area contributed by atoms with Crippen LogP contribution in [0.2, 0.25) is 0 Å². The summed E-state index contributed by atoms with van der Waals surface area (Å²) in [6, 6.07) is 23.3. The van der Waals surface area contributed by atoms with Crippen LogP contribution in [0.25, 0.3) is 11.4 Å². The van der Waals surface area contributed by atoms with Gasteiger partial charge in [0, 0.05) is 49.4 Å². The topological polar surface area (TPSA) is 66.4 Å². The number of benzene rings is 3. The minimum absolute atomic E-state index is 0.103. The van der Waals surface area contributed by atoms with Crippen molar-refractivity contribution in [2.24, 2.45) is 0 Å². The Morgan fingerprint density at radius 2 is 1.54 bits per heavy atom. The van der Waals surface area contributed by atoms with Crippen LogP contribution in [0.1, 0.15) is 22.4 Å². The SMILES string of the molecule is Cc1cccc(-c2nc(C)c(Cc3ccccc3)c(N3CCN(S(=O)(=O)c4ccc(F)cc4)CC3)n2)c1. The van der Waals surface area contributed by atoms with Crippen molar-refractivity contribution >= 4 is 15.8 Å². The molecule has 1 aliphatic heterocycles. The van der Waals surface area contributed by atoms with Crippen molar-refractivity contribution < 1.29 is 12.8 Å². The summed E-state index contributed by atoms with van der Waals surface area (Å²) in [6.07, 6.45) is 0.685. The second kappa shape index (κ2) is 10.4. The van der Waals surface area contributed by atoms with Crippen LogP contribution in [0.5, 0.6) is 0 Å². The van der Waals surface area contributed by atoms with Crippen LogP contribution in [0.4, 0.5) is 10.2 Å². The molecule has 0 bridgehead atoms. The van der Waals surface area contributed by atoms with Gasteiger partial charge in [-0.15, -0.1) is 0 Å². The number of rotatable bonds is 6. The Morgan fingerprint density at radius 3 is 2.22 bits per heavy atom.